The van der Waals surface area contributed by atoms with Crippen molar-refractivity contribution in [2.75, 3.05) is 23.3 Å². The quantitative estimate of drug-likeness (QED) is 0.898. The fraction of sp³-hybridized carbons (Fsp3) is 0.421. The van der Waals surface area contributed by atoms with Crippen molar-refractivity contribution >= 4 is 17.3 Å². The van der Waals surface area contributed by atoms with Gasteiger partial charge in [0.15, 0.2) is 0 Å². The summed E-state index contributed by atoms with van der Waals surface area (Å²) in [6.07, 6.45) is 7.75. The number of aryl methyl sites for hydroxylation is 1. The number of amides is 1. The molecular formula is C19H24N2O2. The van der Waals surface area contributed by atoms with Crippen LogP contribution in [0.5, 0.6) is 0 Å². The lowest BCUT2D eigenvalue weighted by Crippen LogP contribution is -2.25. The van der Waals surface area contributed by atoms with Crippen LogP contribution < -0.4 is 10.2 Å². The molecule has 23 heavy (non-hydrogen) atoms. The molecule has 1 aliphatic rings. The van der Waals surface area contributed by atoms with Gasteiger partial charge in [-0.1, -0.05) is 25.0 Å². The Morgan fingerprint density at radius 1 is 1.04 bits per heavy atom. The second kappa shape index (κ2) is 7.86. The number of benzene rings is 1. The molecule has 1 fully saturated rings. The van der Waals surface area contributed by atoms with E-state index in [2.05, 4.69) is 16.3 Å². The van der Waals surface area contributed by atoms with E-state index in [0.29, 0.717) is 12.8 Å². The first-order chi connectivity index (χ1) is 11.3. The maximum Gasteiger partial charge on any atom is 0.224 e. The number of nitrogens with zero attached hydrogens (tertiary/aromatic N) is 1. The third-order valence-electron chi connectivity index (χ3n) is 4.30. The summed E-state index contributed by atoms with van der Waals surface area (Å²) >= 11 is 0. The fourth-order valence-electron chi connectivity index (χ4n) is 3.07. The van der Waals surface area contributed by atoms with E-state index in [1.54, 1.807) is 6.26 Å². The first-order valence-corrected chi connectivity index (χ1v) is 8.49. The van der Waals surface area contributed by atoms with Crippen LogP contribution >= 0.6 is 0 Å². The van der Waals surface area contributed by atoms with E-state index in [1.807, 2.05) is 30.3 Å². The van der Waals surface area contributed by atoms with E-state index in [4.69, 9.17) is 4.42 Å². The molecule has 3 rings (SSSR count). The summed E-state index contributed by atoms with van der Waals surface area (Å²) in [4.78, 5) is 14.6. The topological polar surface area (TPSA) is 45.5 Å². The van der Waals surface area contributed by atoms with E-state index >= 15 is 0 Å². The van der Waals surface area contributed by atoms with Crippen molar-refractivity contribution in [3.8, 4) is 0 Å². The number of para-hydroxylation sites is 2. The Hall–Kier alpha value is -2.23. The van der Waals surface area contributed by atoms with E-state index in [0.717, 1.165) is 30.2 Å². The molecule has 0 aliphatic carbocycles. The molecule has 1 aromatic heterocycles. The van der Waals surface area contributed by atoms with E-state index in [1.165, 1.54) is 25.7 Å². The number of carbonyl (C=O) groups excluding carboxylic acids is 1. The van der Waals surface area contributed by atoms with Crippen molar-refractivity contribution in [2.24, 2.45) is 0 Å². The summed E-state index contributed by atoms with van der Waals surface area (Å²) in [6, 6.07) is 11.9. The maximum absolute atomic E-state index is 12.2. The molecule has 122 valence electrons. The molecule has 0 unspecified atom stereocenters. The highest BCUT2D eigenvalue weighted by Gasteiger charge is 2.14. The molecule has 4 heteroatoms. The van der Waals surface area contributed by atoms with Gasteiger partial charge >= 0.3 is 0 Å². The molecule has 0 bridgehead atoms. The molecule has 1 N–H and O–H groups in total. The minimum Gasteiger partial charge on any atom is -0.469 e. The number of carbonyl (C=O) groups is 1. The second-order valence-corrected chi connectivity index (χ2v) is 6.05. The third-order valence-corrected chi connectivity index (χ3v) is 4.30. The average molecular weight is 312 g/mol. The van der Waals surface area contributed by atoms with Gasteiger partial charge in [0, 0.05) is 25.9 Å². The van der Waals surface area contributed by atoms with E-state index < -0.39 is 0 Å². The smallest absolute Gasteiger partial charge is 0.224 e. The van der Waals surface area contributed by atoms with Crippen molar-refractivity contribution in [1.82, 2.24) is 0 Å². The van der Waals surface area contributed by atoms with Gasteiger partial charge in [-0.2, -0.15) is 0 Å². The number of anilines is 2. The highest BCUT2D eigenvalue weighted by molar-refractivity contribution is 5.94. The molecule has 2 aromatic rings. The fourth-order valence-corrected chi connectivity index (χ4v) is 3.07. The van der Waals surface area contributed by atoms with Gasteiger partial charge in [-0.3, -0.25) is 4.79 Å². The van der Waals surface area contributed by atoms with Gasteiger partial charge in [0.2, 0.25) is 5.91 Å². The van der Waals surface area contributed by atoms with Crippen molar-refractivity contribution < 1.29 is 9.21 Å². The van der Waals surface area contributed by atoms with Gasteiger partial charge < -0.3 is 14.6 Å². The Balaban J connectivity index is 1.63. The third kappa shape index (κ3) is 4.38. The zero-order chi connectivity index (χ0) is 15.9. The minimum atomic E-state index is 0.0312. The number of rotatable bonds is 5. The van der Waals surface area contributed by atoms with Gasteiger partial charge in [-0.25, -0.2) is 0 Å². The Bertz CT molecular complexity index is 614. The van der Waals surface area contributed by atoms with Crippen LogP contribution in [0.4, 0.5) is 11.4 Å². The summed E-state index contributed by atoms with van der Waals surface area (Å²) in [5.74, 6) is 0.879. The van der Waals surface area contributed by atoms with Crippen LogP contribution in [0.25, 0.3) is 0 Å². The van der Waals surface area contributed by atoms with Crippen LogP contribution in [0.15, 0.2) is 47.1 Å². The summed E-state index contributed by atoms with van der Waals surface area (Å²) in [5, 5.41) is 3.07. The zero-order valence-corrected chi connectivity index (χ0v) is 13.5. The monoisotopic (exact) mass is 312 g/mol. The molecule has 0 radical (unpaired) electrons. The lowest BCUT2D eigenvalue weighted by atomic mass is 10.2. The maximum atomic E-state index is 12.2. The minimum absolute atomic E-state index is 0.0312. The van der Waals surface area contributed by atoms with Crippen molar-refractivity contribution in [1.29, 1.82) is 0 Å². The molecule has 0 atom stereocenters. The number of hydrogen-bond donors (Lipinski definition) is 1. The number of hydrogen-bond acceptors (Lipinski definition) is 3. The van der Waals surface area contributed by atoms with Crippen LogP contribution in [-0.2, 0) is 11.2 Å². The predicted octanol–water partition coefficient (Wildman–Crippen LogP) is 4.23. The molecule has 0 spiro atoms. The highest BCUT2D eigenvalue weighted by Crippen LogP contribution is 2.28. The summed E-state index contributed by atoms with van der Waals surface area (Å²) in [5.41, 5.74) is 2.06. The van der Waals surface area contributed by atoms with Crippen LogP contribution in [-0.4, -0.2) is 19.0 Å². The largest absolute Gasteiger partial charge is 0.469 e. The lowest BCUT2D eigenvalue weighted by molar-refractivity contribution is -0.116. The van der Waals surface area contributed by atoms with E-state index in [-0.39, 0.29) is 5.91 Å². The normalized spacial score (nSPS) is 15.2. The molecule has 2 heterocycles. The highest BCUT2D eigenvalue weighted by atomic mass is 16.3. The molecule has 1 saturated heterocycles. The van der Waals surface area contributed by atoms with Gasteiger partial charge in [0.1, 0.15) is 5.76 Å². The van der Waals surface area contributed by atoms with Gasteiger partial charge in [0.05, 0.1) is 17.6 Å². The Kier molecular flexibility index (Phi) is 5.35. The summed E-state index contributed by atoms with van der Waals surface area (Å²) in [6.45, 7) is 2.14. The Labute approximate surface area is 137 Å². The van der Waals surface area contributed by atoms with Crippen LogP contribution in [0.3, 0.4) is 0 Å². The lowest BCUT2D eigenvalue weighted by Gasteiger charge is -2.25. The molecule has 1 aromatic carbocycles. The van der Waals surface area contributed by atoms with Crippen LogP contribution in [0, 0.1) is 0 Å². The molecular weight excluding hydrogens is 288 g/mol. The standard InChI is InChI=1S/C19H24N2O2/c22-19(12-11-16-8-7-15-23-16)20-17-9-3-4-10-18(17)21-13-5-1-2-6-14-21/h3-4,7-10,15H,1-2,5-6,11-14H2,(H,20,22). The van der Waals surface area contributed by atoms with Crippen LogP contribution in [0.1, 0.15) is 37.9 Å². The van der Waals surface area contributed by atoms with Gasteiger partial charge in [-0.05, 0) is 37.1 Å². The summed E-state index contributed by atoms with van der Waals surface area (Å²) < 4.78 is 5.28. The molecule has 1 amide bonds. The Morgan fingerprint density at radius 2 is 1.83 bits per heavy atom. The van der Waals surface area contributed by atoms with Gasteiger partial charge in [0.25, 0.3) is 0 Å². The summed E-state index contributed by atoms with van der Waals surface area (Å²) in [7, 11) is 0. The van der Waals surface area contributed by atoms with Crippen molar-refractivity contribution in [3.05, 3.63) is 48.4 Å². The number of furan rings is 1. The first kappa shape index (κ1) is 15.7. The second-order valence-electron chi connectivity index (χ2n) is 6.05. The van der Waals surface area contributed by atoms with Crippen LogP contribution in [0.2, 0.25) is 0 Å². The Morgan fingerprint density at radius 3 is 2.57 bits per heavy atom. The van der Waals surface area contributed by atoms with Gasteiger partial charge in [-0.15, -0.1) is 0 Å². The average Bonchev–Trinajstić information content (AvgIpc) is 2.95. The molecule has 1 aliphatic heterocycles. The zero-order valence-electron chi connectivity index (χ0n) is 13.5. The number of nitrogens with one attached hydrogen (secondary N) is 1. The van der Waals surface area contributed by atoms with Crippen molar-refractivity contribution in [3.63, 3.8) is 0 Å². The molecule has 4 nitrogen and oxygen atoms in total. The first-order valence-electron chi connectivity index (χ1n) is 8.49. The van der Waals surface area contributed by atoms with E-state index in [9.17, 15) is 4.79 Å². The SMILES string of the molecule is O=C(CCc1ccco1)Nc1ccccc1N1CCCCCC1. The predicted molar refractivity (Wildman–Crippen MR) is 92.8 cm³/mol. The van der Waals surface area contributed by atoms with Crippen molar-refractivity contribution in [2.45, 2.75) is 38.5 Å². The molecule has 0 saturated carbocycles.